The monoisotopic (exact) mass is 1030 g/mol. The smallest absolute Gasteiger partial charge is 0.312 e. The summed E-state index contributed by atoms with van der Waals surface area (Å²) in [4.78, 5) is 23.5. The zero-order valence-corrected chi connectivity index (χ0v) is 48.2. The zero-order valence-electron chi connectivity index (χ0n) is 44.2. The normalized spacial score (nSPS) is 22.6. The maximum absolute atomic E-state index is 13.9. The summed E-state index contributed by atoms with van der Waals surface area (Å²) < 4.78 is 57.5. The standard InChI is InChI=1S/C24H40FN5O3Si2.C24H40FN5O2Si2/c1-9-35(10-2,11-3)13-12-24(15-32-34(7,8)23(4,5)6)14-17(31)21(33-24)30-16-27-18-19(26)28-22(25)29-20(18)30;1-9-34(10-2,11-3)15-14-24(16-31-33(7,8)23(4,5)6)13-12-18(32-24)30-17-27-19-20(26)28-22(25)29-21(19)30/h16-17,21,31H,9-11,14-15H2,1-8H3,(H2,26,28,29);17-18H,9-13,16H2,1-8H3,(H2,26,28,29)/t17?,21-,24+;18-,24-/m11/s1. The van der Waals surface area contributed by atoms with Crippen LogP contribution in [0.15, 0.2) is 12.7 Å². The Kier molecular flexibility index (Phi) is 17.3. The van der Waals surface area contributed by atoms with Gasteiger partial charge in [0.15, 0.2) is 68.0 Å². The van der Waals surface area contributed by atoms with Crippen molar-refractivity contribution in [2.24, 2.45) is 0 Å². The maximum Gasteiger partial charge on any atom is 0.312 e. The fourth-order valence-corrected chi connectivity index (χ4v) is 15.3. The molecule has 2 aliphatic heterocycles. The number of ether oxygens (including phenoxy) is 2. The molecule has 69 heavy (non-hydrogen) atoms. The third kappa shape index (κ3) is 12.2. The van der Waals surface area contributed by atoms with Crippen LogP contribution in [0.5, 0.6) is 0 Å². The predicted octanol–water partition coefficient (Wildman–Crippen LogP) is 10.3. The van der Waals surface area contributed by atoms with Crippen molar-refractivity contribution in [1.29, 1.82) is 0 Å². The highest BCUT2D eigenvalue weighted by Gasteiger charge is 2.50. The Hall–Kier alpha value is -3.65. The van der Waals surface area contributed by atoms with Gasteiger partial charge in [0.2, 0.25) is 0 Å². The lowest BCUT2D eigenvalue weighted by Crippen LogP contribution is -2.46. The average Bonchev–Trinajstić information content (AvgIpc) is 4.08. The van der Waals surface area contributed by atoms with E-state index in [0.717, 1.165) is 42.7 Å². The fourth-order valence-electron chi connectivity index (χ4n) is 8.18. The van der Waals surface area contributed by atoms with E-state index < -0.39 is 68.5 Å². The molecule has 0 amide bonds. The molecule has 0 aliphatic carbocycles. The zero-order chi connectivity index (χ0) is 51.6. The van der Waals surface area contributed by atoms with Crippen molar-refractivity contribution >= 4 is 66.7 Å². The number of aliphatic hydroxyl groups is 1. The number of nitrogens with zero attached hydrogens (tertiary/aromatic N) is 8. The molecule has 6 rings (SSSR count). The third-order valence-corrected chi connectivity index (χ3v) is 34.3. The van der Waals surface area contributed by atoms with Crippen molar-refractivity contribution in [2.75, 3.05) is 24.7 Å². The molecule has 4 aromatic heterocycles. The van der Waals surface area contributed by atoms with Crippen LogP contribution in [0.4, 0.5) is 20.4 Å². The van der Waals surface area contributed by atoms with E-state index in [0.29, 0.717) is 24.2 Å². The first-order valence-corrected chi connectivity index (χ1v) is 35.8. The van der Waals surface area contributed by atoms with Crippen LogP contribution in [0.1, 0.15) is 115 Å². The van der Waals surface area contributed by atoms with Crippen molar-refractivity contribution in [3.05, 3.63) is 24.8 Å². The summed E-state index contributed by atoms with van der Waals surface area (Å²) in [6.45, 7) is 36.2. The molecular weight excluding hydrogens is 947 g/mol. The molecule has 5 atom stereocenters. The number of fused-ring (bicyclic) bond motifs is 2. The molecule has 0 saturated carbocycles. The number of hydrogen-bond acceptors (Lipinski definition) is 13. The van der Waals surface area contributed by atoms with Gasteiger partial charge in [0, 0.05) is 6.42 Å². The SMILES string of the molecule is CC[Si](C#C[C@@]1(CO[Si](C)(C)C(C)(C)C)CC(O)[C@H](n2cnc3c(N)nc(F)nc32)O1)(CC)CC.CC[Si](C#C[C@@]1(CO[Si](C)(C)C(C)(C)C)CC[C@H](n2cnc3c(N)nc(F)nc32)O1)(CC)CC. The van der Waals surface area contributed by atoms with Crippen LogP contribution >= 0.6 is 0 Å². The van der Waals surface area contributed by atoms with Gasteiger partial charge in [-0.25, -0.2) is 9.97 Å². The third-order valence-electron chi connectivity index (χ3n) is 15.9. The summed E-state index contributed by atoms with van der Waals surface area (Å²) in [5, 5.41) is 11.2. The van der Waals surface area contributed by atoms with Crippen LogP contribution in [0, 0.1) is 35.1 Å². The molecular formula is C48H80F2N10O5Si4. The Bertz CT molecular complexity index is 2540. The molecule has 2 aliphatic rings. The molecule has 0 spiro atoms. The van der Waals surface area contributed by atoms with E-state index in [2.05, 4.69) is 162 Å². The maximum atomic E-state index is 13.9. The van der Waals surface area contributed by atoms with Crippen molar-refractivity contribution in [3.63, 3.8) is 0 Å². The van der Waals surface area contributed by atoms with Gasteiger partial charge < -0.3 is 34.9 Å². The Labute approximate surface area is 413 Å². The van der Waals surface area contributed by atoms with Crippen molar-refractivity contribution in [1.82, 2.24) is 39.0 Å². The molecule has 1 unspecified atom stereocenters. The second-order valence-electron chi connectivity index (χ2n) is 22.1. The Morgan fingerprint density at radius 2 is 1.09 bits per heavy atom. The second kappa shape index (κ2) is 21.2. The van der Waals surface area contributed by atoms with Gasteiger partial charge in [-0.15, -0.1) is 11.1 Å². The first kappa shape index (κ1) is 56.3. The van der Waals surface area contributed by atoms with Gasteiger partial charge in [0.05, 0.1) is 25.9 Å². The fraction of sp³-hybridized carbons (Fsp3) is 0.708. The minimum atomic E-state index is -2.11. The Morgan fingerprint density at radius 3 is 1.52 bits per heavy atom. The molecule has 382 valence electrons. The van der Waals surface area contributed by atoms with Crippen LogP contribution in [0.25, 0.3) is 22.3 Å². The Balaban J connectivity index is 0.000000258. The van der Waals surface area contributed by atoms with Crippen LogP contribution in [-0.4, -0.2) is 107 Å². The topological polar surface area (TPSA) is 196 Å². The summed E-state index contributed by atoms with van der Waals surface area (Å²) >= 11 is 0. The number of rotatable bonds is 14. The van der Waals surface area contributed by atoms with E-state index in [1.165, 1.54) is 10.9 Å². The number of halogens is 2. The van der Waals surface area contributed by atoms with Crippen molar-refractivity contribution in [2.45, 2.75) is 205 Å². The molecule has 2 fully saturated rings. The molecule has 0 bridgehead atoms. The van der Waals surface area contributed by atoms with Gasteiger partial charge in [0.1, 0.15) is 28.5 Å². The largest absolute Gasteiger partial charge is 0.413 e. The molecule has 0 radical (unpaired) electrons. The number of imidazole rings is 2. The summed E-state index contributed by atoms with van der Waals surface area (Å²) in [5.41, 5.74) is 18.5. The molecule has 0 aromatic carbocycles. The van der Waals surface area contributed by atoms with Crippen molar-refractivity contribution in [3.8, 4) is 22.9 Å². The van der Waals surface area contributed by atoms with Gasteiger partial charge in [-0.2, -0.15) is 28.7 Å². The highest BCUT2D eigenvalue weighted by molar-refractivity contribution is 6.87. The number of anilines is 2. The molecule has 2 saturated heterocycles. The van der Waals surface area contributed by atoms with Gasteiger partial charge in [0.25, 0.3) is 0 Å². The molecule has 5 N–H and O–H groups in total. The van der Waals surface area contributed by atoms with Gasteiger partial charge in [-0.05, 0) is 85.4 Å². The average molecular weight is 1030 g/mol. The van der Waals surface area contributed by atoms with E-state index in [-0.39, 0.29) is 52.1 Å². The van der Waals surface area contributed by atoms with E-state index >= 15 is 0 Å². The minimum absolute atomic E-state index is 0.0134. The van der Waals surface area contributed by atoms with Crippen LogP contribution in [-0.2, 0) is 18.3 Å². The minimum Gasteiger partial charge on any atom is -0.413 e. The first-order valence-electron chi connectivity index (χ1n) is 24.7. The van der Waals surface area contributed by atoms with Crippen molar-refractivity contribution < 1.29 is 32.2 Å². The lowest BCUT2D eigenvalue weighted by molar-refractivity contribution is -0.0769. The highest BCUT2D eigenvalue weighted by atomic mass is 28.4. The van der Waals surface area contributed by atoms with E-state index in [1.54, 1.807) is 10.9 Å². The second-order valence-corrected chi connectivity index (χ2v) is 41.5. The van der Waals surface area contributed by atoms with E-state index in [9.17, 15) is 13.9 Å². The number of nitrogens with two attached hydrogens (primary N) is 2. The number of nitrogen functional groups attached to an aromatic ring is 2. The van der Waals surface area contributed by atoms with Gasteiger partial charge >= 0.3 is 12.2 Å². The summed E-state index contributed by atoms with van der Waals surface area (Å²) in [7, 11) is -7.59. The summed E-state index contributed by atoms with van der Waals surface area (Å²) in [6, 6.07) is 6.53. The van der Waals surface area contributed by atoms with Crippen LogP contribution in [0.2, 0.25) is 72.5 Å². The first-order chi connectivity index (χ1) is 32.0. The van der Waals surface area contributed by atoms with Crippen LogP contribution < -0.4 is 11.5 Å². The summed E-state index contributed by atoms with van der Waals surface area (Å²) in [5.74, 6) is 7.03. The lowest BCUT2D eigenvalue weighted by atomic mass is 10.0. The molecule has 15 nitrogen and oxygen atoms in total. The number of hydrogen-bond donors (Lipinski definition) is 3. The van der Waals surface area contributed by atoms with E-state index in [1.807, 2.05) is 0 Å². The predicted molar refractivity (Wildman–Crippen MR) is 281 cm³/mol. The molecule has 21 heteroatoms. The van der Waals surface area contributed by atoms with E-state index in [4.69, 9.17) is 29.8 Å². The number of aromatic nitrogens is 8. The number of aliphatic hydroxyl groups excluding tert-OH is 1. The Morgan fingerprint density at radius 1 is 0.681 bits per heavy atom. The highest BCUT2D eigenvalue weighted by Crippen LogP contribution is 2.44. The summed E-state index contributed by atoms with van der Waals surface area (Å²) in [6.07, 6.45) is 0.765. The van der Waals surface area contributed by atoms with Gasteiger partial charge in [-0.3, -0.25) is 9.13 Å². The molecule has 4 aromatic rings. The van der Waals surface area contributed by atoms with Crippen LogP contribution in [0.3, 0.4) is 0 Å². The molecule has 6 heterocycles. The quantitative estimate of drug-likeness (QED) is 0.0614. The lowest BCUT2D eigenvalue weighted by Gasteiger charge is -2.38. The van der Waals surface area contributed by atoms with Gasteiger partial charge in [-0.1, -0.05) is 94.9 Å².